The van der Waals surface area contributed by atoms with Gasteiger partial charge in [-0.15, -0.1) is 0 Å². The Kier molecular flexibility index (Phi) is 6.32. The number of aromatic hydroxyl groups is 1. The zero-order valence-electron chi connectivity index (χ0n) is 19.8. The average molecular weight is 524 g/mol. The number of hydrogen-bond donors (Lipinski definition) is 3. The van der Waals surface area contributed by atoms with Gasteiger partial charge in [0.25, 0.3) is 5.91 Å². The van der Waals surface area contributed by atoms with Crippen molar-refractivity contribution in [3.63, 3.8) is 0 Å². The fraction of sp³-hybridized carbons (Fsp3) is 0.375. The molecule has 6 heterocycles. The van der Waals surface area contributed by atoms with Gasteiger partial charge in [-0.25, -0.2) is 15.0 Å². The molecule has 0 radical (unpaired) electrons. The van der Waals surface area contributed by atoms with E-state index < -0.39 is 12.0 Å². The predicted octanol–water partition coefficient (Wildman–Crippen LogP) is 2.50. The third kappa shape index (κ3) is 4.92. The topological polar surface area (TPSA) is 150 Å². The smallest absolute Gasteiger partial charge is 0.277 e. The Morgan fingerprint density at radius 3 is 2.81 bits per heavy atom. The van der Waals surface area contributed by atoms with Crippen molar-refractivity contribution >= 4 is 44.2 Å². The highest BCUT2D eigenvalue weighted by atomic mass is 32.1. The molecule has 13 heteroatoms. The van der Waals surface area contributed by atoms with Crippen molar-refractivity contribution in [2.45, 2.75) is 18.9 Å². The van der Waals surface area contributed by atoms with E-state index in [1.807, 2.05) is 11.0 Å². The van der Waals surface area contributed by atoms with Gasteiger partial charge in [-0.1, -0.05) is 11.3 Å². The minimum absolute atomic E-state index is 0.0781. The van der Waals surface area contributed by atoms with Crippen molar-refractivity contribution in [1.29, 1.82) is 0 Å². The predicted molar refractivity (Wildman–Crippen MR) is 137 cm³/mol. The maximum absolute atomic E-state index is 13.2. The monoisotopic (exact) mass is 523 g/mol. The lowest BCUT2D eigenvalue weighted by atomic mass is 10.1. The van der Waals surface area contributed by atoms with Crippen LogP contribution in [0.25, 0.3) is 21.8 Å². The molecule has 192 valence electrons. The molecule has 1 unspecified atom stereocenters. The molecule has 6 rings (SSSR count). The molecule has 1 amide bonds. The van der Waals surface area contributed by atoms with E-state index in [4.69, 9.17) is 19.1 Å². The number of hydrogen-bond acceptors (Lipinski definition) is 12. The summed E-state index contributed by atoms with van der Waals surface area (Å²) in [6, 6.07) is 4.90. The van der Waals surface area contributed by atoms with Gasteiger partial charge in [0.2, 0.25) is 11.8 Å². The average Bonchev–Trinajstić information content (AvgIpc) is 3.56. The molecule has 37 heavy (non-hydrogen) atoms. The van der Waals surface area contributed by atoms with E-state index in [9.17, 15) is 15.0 Å². The number of amides is 1. The van der Waals surface area contributed by atoms with E-state index in [0.717, 1.165) is 35.8 Å². The third-order valence-electron chi connectivity index (χ3n) is 6.31. The Labute approximate surface area is 215 Å². The third-order valence-corrected chi connectivity index (χ3v) is 7.36. The molecule has 0 aromatic carbocycles. The fourth-order valence-electron chi connectivity index (χ4n) is 4.46. The molecule has 4 aromatic rings. The first-order chi connectivity index (χ1) is 18.0. The number of ether oxygens (including phenoxy) is 1. The molecule has 4 aromatic heterocycles. The standard InChI is InChI=1S/C24H25N7O5S/c32-15-2-1-5-31(12-15)21-16(11-18-20(28-21)29-24(37-18)30-6-8-35-9-7-30)26-22(34)17-13-36-23(27-17)14-3-4-25-19(33)10-14/h3-4,10-11,13,15,32H,1-2,5-9,12H2,(H,25,33)(H,26,34). The molecule has 2 aliphatic heterocycles. The first kappa shape index (κ1) is 23.6. The number of aliphatic hydroxyl groups excluding tert-OH is 1. The molecule has 0 saturated carbocycles. The Balaban J connectivity index is 1.32. The molecular formula is C24H25N7O5S. The molecule has 2 fully saturated rings. The summed E-state index contributed by atoms with van der Waals surface area (Å²) in [6.07, 6.45) is 3.76. The van der Waals surface area contributed by atoms with Crippen LogP contribution in [-0.4, -0.2) is 81.6 Å². The highest BCUT2D eigenvalue weighted by Crippen LogP contribution is 2.36. The van der Waals surface area contributed by atoms with Crippen LogP contribution >= 0.6 is 11.3 Å². The quantitative estimate of drug-likeness (QED) is 0.354. The van der Waals surface area contributed by atoms with Crippen molar-refractivity contribution in [2.24, 2.45) is 0 Å². The summed E-state index contributed by atoms with van der Waals surface area (Å²) in [5, 5.41) is 23.7. The maximum Gasteiger partial charge on any atom is 0.277 e. The normalized spacial score (nSPS) is 18.4. The maximum atomic E-state index is 13.2. The van der Waals surface area contributed by atoms with Gasteiger partial charge in [0.15, 0.2) is 22.3 Å². The lowest BCUT2D eigenvalue weighted by molar-refractivity contribution is 0.102. The summed E-state index contributed by atoms with van der Waals surface area (Å²) in [5.41, 5.74) is 1.68. The molecule has 2 saturated heterocycles. The van der Waals surface area contributed by atoms with E-state index >= 15 is 0 Å². The van der Waals surface area contributed by atoms with Crippen LogP contribution in [0.3, 0.4) is 0 Å². The molecule has 12 nitrogen and oxygen atoms in total. The Bertz CT molecular complexity index is 1430. The largest absolute Gasteiger partial charge is 0.493 e. The van der Waals surface area contributed by atoms with Gasteiger partial charge >= 0.3 is 0 Å². The van der Waals surface area contributed by atoms with Crippen LogP contribution in [0.1, 0.15) is 23.3 Å². The second kappa shape index (κ2) is 9.92. The second-order valence-electron chi connectivity index (χ2n) is 8.91. The van der Waals surface area contributed by atoms with Crippen molar-refractivity contribution in [3.8, 4) is 17.3 Å². The number of carbonyl (C=O) groups excluding carboxylic acids is 1. The molecule has 2 aliphatic rings. The number of β-amino-alcohol motifs (C(OH)–C–C–N with tert-alkyl or cyclic N) is 1. The number of piperidine rings is 1. The second-order valence-corrected chi connectivity index (χ2v) is 9.92. The number of morpholine rings is 1. The molecular weight excluding hydrogens is 498 g/mol. The van der Waals surface area contributed by atoms with Gasteiger partial charge in [0.05, 0.1) is 29.7 Å². The number of oxazole rings is 1. The summed E-state index contributed by atoms with van der Waals surface area (Å²) < 4.78 is 11.8. The first-order valence-corrected chi connectivity index (χ1v) is 12.8. The van der Waals surface area contributed by atoms with Gasteiger partial charge in [-0.2, -0.15) is 4.98 Å². The van der Waals surface area contributed by atoms with Crippen LogP contribution in [-0.2, 0) is 4.74 Å². The minimum Gasteiger partial charge on any atom is -0.493 e. The van der Waals surface area contributed by atoms with Crippen LogP contribution in [0.2, 0.25) is 0 Å². The van der Waals surface area contributed by atoms with Gasteiger partial charge in [-0.05, 0) is 25.0 Å². The van der Waals surface area contributed by atoms with Crippen molar-refractivity contribution in [2.75, 3.05) is 54.5 Å². The summed E-state index contributed by atoms with van der Waals surface area (Å²) in [6.45, 7) is 3.96. The highest BCUT2D eigenvalue weighted by Gasteiger charge is 2.25. The van der Waals surface area contributed by atoms with Crippen LogP contribution < -0.4 is 15.1 Å². The van der Waals surface area contributed by atoms with Gasteiger partial charge in [0, 0.05) is 44.0 Å². The first-order valence-electron chi connectivity index (χ1n) is 12.0. The fourth-order valence-corrected chi connectivity index (χ4v) is 5.46. The van der Waals surface area contributed by atoms with E-state index in [-0.39, 0.29) is 17.5 Å². The minimum atomic E-state index is -0.468. The zero-order chi connectivity index (χ0) is 25.4. The summed E-state index contributed by atoms with van der Waals surface area (Å²) >= 11 is 1.51. The Morgan fingerprint density at radius 1 is 1.14 bits per heavy atom. The van der Waals surface area contributed by atoms with Crippen LogP contribution in [0.4, 0.5) is 16.6 Å². The van der Waals surface area contributed by atoms with Gasteiger partial charge < -0.3 is 34.5 Å². The van der Waals surface area contributed by atoms with Crippen LogP contribution in [0.5, 0.6) is 5.88 Å². The summed E-state index contributed by atoms with van der Waals surface area (Å²) in [4.78, 5) is 34.9. The van der Waals surface area contributed by atoms with Crippen LogP contribution in [0.15, 0.2) is 35.1 Å². The zero-order valence-corrected chi connectivity index (χ0v) is 20.6. The molecule has 0 spiro atoms. The number of nitrogens with one attached hydrogen (secondary N) is 1. The molecule has 0 bridgehead atoms. The Morgan fingerprint density at radius 2 is 2.00 bits per heavy atom. The molecule has 1 atom stereocenters. The lowest BCUT2D eigenvalue weighted by Gasteiger charge is -2.32. The van der Waals surface area contributed by atoms with E-state index in [1.54, 1.807) is 6.07 Å². The highest BCUT2D eigenvalue weighted by molar-refractivity contribution is 7.22. The summed E-state index contributed by atoms with van der Waals surface area (Å²) in [7, 11) is 0. The number of thiazole rings is 1. The molecule has 3 N–H and O–H groups in total. The number of carbonyl (C=O) groups is 1. The van der Waals surface area contributed by atoms with E-state index in [1.165, 1.54) is 29.9 Å². The lowest BCUT2D eigenvalue weighted by Crippen LogP contribution is -2.39. The van der Waals surface area contributed by atoms with E-state index in [2.05, 4.69) is 20.2 Å². The van der Waals surface area contributed by atoms with E-state index in [0.29, 0.717) is 49.0 Å². The number of aromatic nitrogens is 4. The Hall–Kier alpha value is -3.81. The number of aliphatic hydroxyl groups is 1. The number of pyridine rings is 2. The summed E-state index contributed by atoms with van der Waals surface area (Å²) in [5.74, 6) is 0.108. The number of rotatable bonds is 5. The van der Waals surface area contributed by atoms with Crippen molar-refractivity contribution in [1.82, 2.24) is 19.9 Å². The van der Waals surface area contributed by atoms with Gasteiger partial charge in [-0.3, -0.25) is 4.79 Å². The number of nitrogens with zero attached hydrogens (tertiary/aromatic N) is 6. The van der Waals surface area contributed by atoms with Gasteiger partial charge in [0.1, 0.15) is 6.26 Å². The number of fused-ring (bicyclic) bond motifs is 1. The van der Waals surface area contributed by atoms with Crippen molar-refractivity contribution in [3.05, 3.63) is 36.4 Å². The number of anilines is 3. The SMILES string of the molecule is O=C(Nc1cc2sc(N3CCOCC3)nc2nc1N1CCCC(O)C1)c1coc(-c2ccnc(O)c2)n1. The molecule has 0 aliphatic carbocycles. The van der Waals surface area contributed by atoms with Crippen molar-refractivity contribution < 1.29 is 24.2 Å². The van der Waals surface area contributed by atoms with Crippen LogP contribution in [0, 0.1) is 0 Å².